The fourth-order valence-corrected chi connectivity index (χ4v) is 1.37. The van der Waals surface area contributed by atoms with E-state index in [0.717, 1.165) is 6.20 Å². The summed E-state index contributed by atoms with van der Waals surface area (Å²) in [4.78, 5) is 3.66. The third-order valence-corrected chi connectivity index (χ3v) is 2.23. The molecule has 0 radical (unpaired) electrons. The molecule has 1 heterocycles. The first kappa shape index (κ1) is 11.7. The molecule has 80 valence electrons. The number of alkyl halides is 2. The van der Waals surface area contributed by atoms with Gasteiger partial charge in [-0.15, -0.1) is 0 Å². The Labute approximate surface area is 90.3 Å². The summed E-state index contributed by atoms with van der Waals surface area (Å²) in [7, 11) is 1.33. The van der Waals surface area contributed by atoms with Crippen LogP contribution in [0.15, 0.2) is 6.20 Å². The van der Waals surface area contributed by atoms with Gasteiger partial charge in [0.15, 0.2) is 0 Å². The summed E-state index contributed by atoms with van der Waals surface area (Å²) in [6.07, 6.45) is -1.88. The minimum absolute atomic E-state index is 0.103. The third kappa shape index (κ3) is 2.34. The van der Waals surface area contributed by atoms with Crippen LogP contribution in [0.1, 0.15) is 17.6 Å². The number of methoxy groups -OCH3 is 1. The molecule has 0 aromatic carbocycles. The Morgan fingerprint density at radius 2 is 2.33 bits per heavy atom. The quantitative estimate of drug-likeness (QED) is 0.805. The second-order valence-electron chi connectivity index (χ2n) is 2.65. The van der Waals surface area contributed by atoms with Crippen molar-refractivity contribution in [3.05, 3.63) is 22.3 Å². The Morgan fingerprint density at radius 1 is 1.67 bits per heavy atom. The highest BCUT2D eigenvalue weighted by Gasteiger charge is 2.19. The lowest BCUT2D eigenvalue weighted by Gasteiger charge is -2.09. The van der Waals surface area contributed by atoms with Gasteiger partial charge in [-0.25, -0.2) is 13.8 Å². The maximum absolute atomic E-state index is 12.4. The van der Waals surface area contributed by atoms with Crippen LogP contribution in [0, 0.1) is 11.3 Å². The normalized spacial score (nSPS) is 10.1. The number of aromatic nitrogens is 1. The molecular formula is C9H7ClF2N2O. The van der Waals surface area contributed by atoms with E-state index in [0.29, 0.717) is 0 Å². The van der Waals surface area contributed by atoms with Gasteiger partial charge in [0.2, 0.25) is 5.88 Å². The van der Waals surface area contributed by atoms with Crippen LogP contribution in [0.3, 0.4) is 0 Å². The van der Waals surface area contributed by atoms with Crippen LogP contribution in [0.2, 0.25) is 5.02 Å². The summed E-state index contributed by atoms with van der Waals surface area (Å²) in [6, 6.07) is 1.82. The highest BCUT2D eigenvalue weighted by Crippen LogP contribution is 2.33. The van der Waals surface area contributed by atoms with Crippen LogP contribution < -0.4 is 4.74 Å². The van der Waals surface area contributed by atoms with Crippen molar-refractivity contribution in [2.75, 3.05) is 7.11 Å². The molecule has 0 bridgehead atoms. The van der Waals surface area contributed by atoms with Crippen molar-refractivity contribution in [1.82, 2.24) is 4.98 Å². The van der Waals surface area contributed by atoms with Gasteiger partial charge in [0, 0.05) is 11.8 Å². The highest BCUT2D eigenvalue weighted by molar-refractivity contribution is 6.32. The Morgan fingerprint density at radius 3 is 2.80 bits per heavy atom. The maximum atomic E-state index is 12.4. The number of hydrogen-bond donors (Lipinski definition) is 0. The Kier molecular flexibility index (Phi) is 3.81. The first-order valence-electron chi connectivity index (χ1n) is 3.98. The number of ether oxygens (including phenoxy) is 1. The first-order valence-corrected chi connectivity index (χ1v) is 4.36. The van der Waals surface area contributed by atoms with Crippen molar-refractivity contribution in [3.63, 3.8) is 0 Å². The van der Waals surface area contributed by atoms with Crippen molar-refractivity contribution >= 4 is 11.6 Å². The molecule has 3 nitrogen and oxygen atoms in total. The van der Waals surface area contributed by atoms with Crippen LogP contribution in [0.4, 0.5) is 8.78 Å². The van der Waals surface area contributed by atoms with Crippen LogP contribution in [0.25, 0.3) is 0 Å². The van der Waals surface area contributed by atoms with E-state index in [2.05, 4.69) is 4.98 Å². The topological polar surface area (TPSA) is 45.9 Å². The standard InChI is InChI=1S/C9H7ClF2N2O/c1-15-9-5(2-3-13)7(10)6(4-14-9)8(11)12/h4,8H,2H2,1H3. The number of halogens is 3. The molecule has 1 aromatic heterocycles. The molecule has 0 aliphatic rings. The van der Waals surface area contributed by atoms with E-state index in [9.17, 15) is 8.78 Å². The van der Waals surface area contributed by atoms with Crippen molar-refractivity contribution in [1.29, 1.82) is 5.26 Å². The summed E-state index contributed by atoms with van der Waals surface area (Å²) < 4.78 is 29.7. The molecule has 0 fully saturated rings. The summed E-state index contributed by atoms with van der Waals surface area (Å²) in [6.45, 7) is 0. The number of nitriles is 1. The highest BCUT2D eigenvalue weighted by atomic mass is 35.5. The lowest BCUT2D eigenvalue weighted by Crippen LogP contribution is -1.99. The van der Waals surface area contributed by atoms with Crippen LogP contribution in [-0.4, -0.2) is 12.1 Å². The van der Waals surface area contributed by atoms with Gasteiger partial charge >= 0.3 is 0 Å². The van der Waals surface area contributed by atoms with E-state index in [1.54, 1.807) is 0 Å². The van der Waals surface area contributed by atoms with Crippen LogP contribution in [-0.2, 0) is 6.42 Å². The number of pyridine rings is 1. The molecule has 0 saturated carbocycles. The predicted molar refractivity (Wildman–Crippen MR) is 50.1 cm³/mol. The average Bonchev–Trinajstić information content (AvgIpc) is 2.20. The fraction of sp³-hybridized carbons (Fsp3) is 0.333. The Hall–Kier alpha value is -1.41. The number of rotatable bonds is 3. The van der Waals surface area contributed by atoms with Gasteiger partial charge in [0.1, 0.15) is 0 Å². The first-order chi connectivity index (χ1) is 7.11. The van der Waals surface area contributed by atoms with Gasteiger partial charge in [0.25, 0.3) is 6.43 Å². The van der Waals surface area contributed by atoms with Crippen molar-refractivity contribution in [2.24, 2.45) is 0 Å². The summed E-state index contributed by atoms with van der Waals surface area (Å²) in [5.74, 6) is 0.103. The van der Waals surface area contributed by atoms with Gasteiger partial charge in [-0.3, -0.25) is 0 Å². The largest absolute Gasteiger partial charge is 0.481 e. The zero-order chi connectivity index (χ0) is 11.4. The minimum atomic E-state index is -2.71. The Balaban J connectivity index is 3.30. The average molecular weight is 233 g/mol. The molecule has 0 saturated heterocycles. The molecule has 0 amide bonds. The van der Waals surface area contributed by atoms with Crippen molar-refractivity contribution in [3.8, 4) is 11.9 Å². The van der Waals surface area contributed by atoms with Gasteiger partial charge in [-0.05, 0) is 0 Å². The van der Waals surface area contributed by atoms with E-state index in [-0.39, 0.29) is 28.5 Å². The van der Waals surface area contributed by atoms with E-state index in [1.165, 1.54) is 7.11 Å². The predicted octanol–water partition coefficient (Wildman–Crippen LogP) is 2.75. The fourth-order valence-electron chi connectivity index (χ4n) is 1.09. The van der Waals surface area contributed by atoms with Gasteiger partial charge in [-0.1, -0.05) is 11.6 Å². The molecule has 0 spiro atoms. The van der Waals surface area contributed by atoms with E-state index in [1.807, 2.05) is 6.07 Å². The summed E-state index contributed by atoms with van der Waals surface area (Å²) >= 11 is 5.72. The zero-order valence-corrected chi connectivity index (χ0v) is 8.55. The second-order valence-corrected chi connectivity index (χ2v) is 3.03. The molecular weight excluding hydrogens is 226 g/mol. The summed E-state index contributed by atoms with van der Waals surface area (Å²) in [5, 5.41) is 8.36. The Bertz CT molecular complexity index is 404. The molecule has 6 heteroatoms. The molecule has 0 N–H and O–H groups in total. The zero-order valence-electron chi connectivity index (χ0n) is 7.80. The third-order valence-electron chi connectivity index (χ3n) is 1.78. The van der Waals surface area contributed by atoms with E-state index in [4.69, 9.17) is 21.6 Å². The molecule has 1 rings (SSSR count). The molecule has 0 atom stereocenters. The lowest BCUT2D eigenvalue weighted by molar-refractivity contribution is 0.151. The van der Waals surface area contributed by atoms with E-state index >= 15 is 0 Å². The van der Waals surface area contributed by atoms with Gasteiger partial charge in [-0.2, -0.15) is 5.26 Å². The smallest absolute Gasteiger partial charge is 0.266 e. The summed E-state index contributed by atoms with van der Waals surface area (Å²) in [5.41, 5.74) is -0.192. The maximum Gasteiger partial charge on any atom is 0.266 e. The molecule has 0 unspecified atom stereocenters. The molecule has 1 aromatic rings. The second kappa shape index (κ2) is 4.89. The van der Waals surface area contributed by atoms with Gasteiger partial charge < -0.3 is 4.74 Å². The van der Waals surface area contributed by atoms with E-state index < -0.39 is 6.43 Å². The van der Waals surface area contributed by atoms with Crippen LogP contribution >= 0.6 is 11.6 Å². The minimum Gasteiger partial charge on any atom is -0.481 e. The monoisotopic (exact) mass is 232 g/mol. The number of nitrogens with zero attached hydrogens (tertiary/aromatic N) is 2. The SMILES string of the molecule is COc1ncc(C(F)F)c(Cl)c1CC#N. The van der Waals surface area contributed by atoms with Crippen molar-refractivity contribution < 1.29 is 13.5 Å². The lowest BCUT2D eigenvalue weighted by atomic mass is 10.1. The molecule has 0 aliphatic heterocycles. The molecule has 0 aliphatic carbocycles. The van der Waals surface area contributed by atoms with Crippen molar-refractivity contribution in [2.45, 2.75) is 12.8 Å². The number of hydrogen-bond acceptors (Lipinski definition) is 3. The van der Waals surface area contributed by atoms with Gasteiger partial charge in [0.05, 0.1) is 30.2 Å². The molecule has 15 heavy (non-hydrogen) atoms. The van der Waals surface area contributed by atoms with Crippen LogP contribution in [0.5, 0.6) is 5.88 Å².